The quantitative estimate of drug-likeness (QED) is 0.726. The number of halogens is 1. The summed E-state index contributed by atoms with van der Waals surface area (Å²) in [7, 11) is -3.66. The van der Waals surface area contributed by atoms with Crippen molar-refractivity contribution in [2.75, 3.05) is 6.26 Å². The Kier molecular flexibility index (Phi) is 4.11. The number of hydrogen-bond donors (Lipinski definition) is 2. The van der Waals surface area contributed by atoms with E-state index in [2.05, 4.69) is 10.1 Å². The molecule has 2 heterocycles. The van der Waals surface area contributed by atoms with E-state index in [0.717, 1.165) is 23.1 Å². The van der Waals surface area contributed by atoms with E-state index in [9.17, 15) is 17.9 Å². The SMILES string of the molecule is CS(=O)(=O)c1ccc(-c2cc(O)n(-c3nc(CO)cs3)n2)cc1F. The van der Waals surface area contributed by atoms with Crippen LogP contribution in [0.4, 0.5) is 4.39 Å². The van der Waals surface area contributed by atoms with Crippen LogP contribution in [0, 0.1) is 5.82 Å². The monoisotopic (exact) mass is 369 g/mol. The Labute approximate surface area is 140 Å². The number of aromatic hydroxyl groups is 1. The summed E-state index contributed by atoms with van der Waals surface area (Å²) >= 11 is 1.17. The van der Waals surface area contributed by atoms with Gasteiger partial charge < -0.3 is 10.2 Å². The van der Waals surface area contributed by atoms with E-state index in [-0.39, 0.29) is 18.2 Å². The highest BCUT2D eigenvalue weighted by atomic mass is 32.2. The van der Waals surface area contributed by atoms with Crippen LogP contribution in [0.25, 0.3) is 16.4 Å². The zero-order valence-corrected chi connectivity index (χ0v) is 14.0. The van der Waals surface area contributed by atoms with E-state index in [0.29, 0.717) is 16.4 Å². The van der Waals surface area contributed by atoms with Crippen molar-refractivity contribution in [1.82, 2.24) is 14.8 Å². The average Bonchev–Trinajstić information content (AvgIpc) is 3.11. The van der Waals surface area contributed by atoms with E-state index >= 15 is 0 Å². The molecule has 0 spiro atoms. The molecule has 2 N–H and O–H groups in total. The minimum absolute atomic E-state index is 0.212. The van der Waals surface area contributed by atoms with Crippen molar-refractivity contribution in [3.8, 4) is 22.3 Å². The summed E-state index contributed by atoms with van der Waals surface area (Å²) < 4.78 is 38.0. The fourth-order valence-corrected chi connectivity index (χ4v) is 3.58. The zero-order valence-electron chi connectivity index (χ0n) is 12.3. The maximum atomic E-state index is 14.0. The molecule has 7 nitrogen and oxygen atoms in total. The van der Waals surface area contributed by atoms with Gasteiger partial charge in [0.25, 0.3) is 0 Å². The molecule has 0 saturated heterocycles. The van der Waals surface area contributed by atoms with Gasteiger partial charge in [-0.2, -0.15) is 9.78 Å². The van der Waals surface area contributed by atoms with Gasteiger partial charge >= 0.3 is 0 Å². The molecule has 0 atom stereocenters. The number of aromatic nitrogens is 3. The summed E-state index contributed by atoms with van der Waals surface area (Å²) in [5.74, 6) is -1.10. The molecule has 3 rings (SSSR count). The summed E-state index contributed by atoms with van der Waals surface area (Å²) in [6, 6.07) is 4.92. The predicted octanol–water partition coefficient (Wildman–Crippen LogP) is 1.74. The molecule has 0 aliphatic heterocycles. The Bertz CT molecular complexity index is 1010. The van der Waals surface area contributed by atoms with E-state index in [4.69, 9.17) is 5.11 Å². The van der Waals surface area contributed by atoms with Gasteiger partial charge in [-0.15, -0.1) is 11.3 Å². The minimum atomic E-state index is -3.66. The maximum Gasteiger partial charge on any atom is 0.216 e. The zero-order chi connectivity index (χ0) is 17.5. The molecule has 0 aliphatic carbocycles. The lowest BCUT2D eigenvalue weighted by atomic mass is 10.1. The first kappa shape index (κ1) is 16.6. The van der Waals surface area contributed by atoms with Gasteiger partial charge in [-0.05, 0) is 12.1 Å². The number of nitrogens with zero attached hydrogens (tertiary/aromatic N) is 3. The van der Waals surface area contributed by atoms with Crippen LogP contribution in [0.2, 0.25) is 0 Å². The van der Waals surface area contributed by atoms with Crippen LogP contribution in [0.5, 0.6) is 5.88 Å². The molecule has 0 amide bonds. The largest absolute Gasteiger partial charge is 0.493 e. The molecule has 0 aliphatic rings. The van der Waals surface area contributed by atoms with Gasteiger partial charge in [0.2, 0.25) is 11.0 Å². The second kappa shape index (κ2) is 5.96. The first-order chi connectivity index (χ1) is 11.3. The summed E-state index contributed by atoms with van der Waals surface area (Å²) in [4.78, 5) is 3.69. The highest BCUT2D eigenvalue weighted by Crippen LogP contribution is 2.28. The molecule has 24 heavy (non-hydrogen) atoms. The van der Waals surface area contributed by atoms with Gasteiger partial charge in [0, 0.05) is 23.3 Å². The molecular formula is C14H12FN3O4S2. The number of benzene rings is 1. The number of thiazole rings is 1. The lowest BCUT2D eigenvalue weighted by Crippen LogP contribution is -2.01. The molecule has 2 aromatic heterocycles. The smallest absolute Gasteiger partial charge is 0.216 e. The molecule has 126 valence electrons. The van der Waals surface area contributed by atoms with Crippen LogP contribution in [-0.4, -0.2) is 39.7 Å². The van der Waals surface area contributed by atoms with Crippen molar-refractivity contribution >= 4 is 21.2 Å². The van der Waals surface area contributed by atoms with Crippen LogP contribution < -0.4 is 0 Å². The third kappa shape index (κ3) is 3.03. The minimum Gasteiger partial charge on any atom is -0.493 e. The first-order valence-electron chi connectivity index (χ1n) is 6.64. The van der Waals surface area contributed by atoms with Crippen molar-refractivity contribution in [3.05, 3.63) is 41.2 Å². The van der Waals surface area contributed by atoms with Crippen LogP contribution in [0.3, 0.4) is 0 Å². The Balaban J connectivity index is 2.02. The maximum absolute atomic E-state index is 14.0. The number of aliphatic hydroxyl groups is 1. The molecule has 3 aromatic rings. The molecule has 0 unspecified atom stereocenters. The van der Waals surface area contributed by atoms with E-state index in [1.165, 1.54) is 23.5 Å². The van der Waals surface area contributed by atoms with Gasteiger partial charge in [-0.3, -0.25) is 0 Å². The van der Waals surface area contributed by atoms with Gasteiger partial charge in [0.1, 0.15) is 10.7 Å². The van der Waals surface area contributed by atoms with Crippen molar-refractivity contribution in [3.63, 3.8) is 0 Å². The van der Waals surface area contributed by atoms with Crippen molar-refractivity contribution in [2.24, 2.45) is 0 Å². The Morgan fingerprint density at radius 1 is 1.33 bits per heavy atom. The van der Waals surface area contributed by atoms with Crippen LogP contribution in [0.15, 0.2) is 34.5 Å². The lowest BCUT2D eigenvalue weighted by molar-refractivity contribution is 0.277. The molecule has 0 saturated carbocycles. The normalized spacial score (nSPS) is 11.8. The summed E-state index contributed by atoms with van der Waals surface area (Å²) in [6.45, 7) is -0.233. The van der Waals surface area contributed by atoms with E-state index < -0.39 is 20.5 Å². The van der Waals surface area contributed by atoms with Gasteiger partial charge in [0.15, 0.2) is 9.84 Å². The third-order valence-corrected chi connectivity index (χ3v) is 5.20. The second-order valence-corrected chi connectivity index (χ2v) is 7.82. The standard InChI is InChI=1S/C14H12FN3O4S2/c1-24(21,22)12-3-2-8(4-10(12)15)11-5-13(20)18(17-11)14-16-9(6-19)7-23-14/h2-5,7,19-20H,6H2,1H3. The highest BCUT2D eigenvalue weighted by Gasteiger charge is 2.17. The summed E-state index contributed by atoms with van der Waals surface area (Å²) in [5.41, 5.74) is 1.01. The first-order valence-corrected chi connectivity index (χ1v) is 9.41. The molecule has 1 aromatic carbocycles. The third-order valence-electron chi connectivity index (χ3n) is 3.20. The van der Waals surface area contributed by atoms with Gasteiger partial charge in [-0.25, -0.2) is 17.8 Å². The molecule has 0 bridgehead atoms. The van der Waals surface area contributed by atoms with E-state index in [1.54, 1.807) is 5.38 Å². The Morgan fingerprint density at radius 2 is 2.08 bits per heavy atom. The van der Waals surface area contributed by atoms with Crippen LogP contribution in [0.1, 0.15) is 5.69 Å². The lowest BCUT2D eigenvalue weighted by Gasteiger charge is -2.02. The van der Waals surface area contributed by atoms with Crippen molar-refractivity contribution < 1.29 is 23.0 Å². The molecule has 10 heteroatoms. The number of rotatable bonds is 4. The second-order valence-electron chi connectivity index (χ2n) is 5.00. The number of hydrogen-bond acceptors (Lipinski definition) is 7. The van der Waals surface area contributed by atoms with Crippen LogP contribution >= 0.6 is 11.3 Å². The molecule has 0 radical (unpaired) electrons. The van der Waals surface area contributed by atoms with Crippen molar-refractivity contribution in [1.29, 1.82) is 0 Å². The number of aliphatic hydroxyl groups excluding tert-OH is 1. The van der Waals surface area contributed by atoms with Crippen molar-refractivity contribution in [2.45, 2.75) is 11.5 Å². The average molecular weight is 369 g/mol. The molecular weight excluding hydrogens is 357 g/mol. The van der Waals surface area contributed by atoms with E-state index in [1.807, 2.05) is 0 Å². The fourth-order valence-electron chi connectivity index (χ4n) is 2.08. The van der Waals surface area contributed by atoms with Crippen LogP contribution in [-0.2, 0) is 16.4 Å². The fraction of sp³-hybridized carbons (Fsp3) is 0.143. The van der Waals surface area contributed by atoms with Gasteiger partial charge in [-0.1, -0.05) is 6.07 Å². The summed E-state index contributed by atoms with van der Waals surface area (Å²) in [5, 5.41) is 25.1. The van der Waals surface area contributed by atoms with Gasteiger partial charge in [0.05, 0.1) is 18.0 Å². The summed E-state index contributed by atoms with van der Waals surface area (Å²) in [6.07, 6.45) is 0.923. The topological polar surface area (TPSA) is 105 Å². The Hall–Kier alpha value is -2.30. The highest BCUT2D eigenvalue weighted by molar-refractivity contribution is 7.90. The Morgan fingerprint density at radius 3 is 2.67 bits per heavy atom. The molecule has 0 fully saturated rings. The predicted molar refractivity (Wildman–Crippen MR) is 85.3 cm³/mol. The number of sulfone groups is 1.